The normalized spacial score (nSPS) is 19.2. The molecule has 1 unspecified atom stereocenters. The fraction of sp³-hybridized carbons (Fsp3) is 0.692. The topological polar surface area (TPSA) is 50.3 Å². The number of thioether (sulfide) groups is 1. The molecule has 1 aromatic heterocycles. The molecule has 0 aromatic carbocycles. The lowest BCUT2D eigenvalue weighted by Gasteiger charge is -2.28. The van der Waals surface area contributed by atoms with Crippen molar-refractivity contribution >= 4 is 23.4 Å². The monoisotopic (exact) mass is 282 g/mol. The van der Waals surface area contributed by atoms with E-state index in [9.17, 15) is 0 Å². The molecular weight excluding hydrogens is 260 g/mol. The van der Waals surface area contributed by atoms with Crippen LogP contribution in [0.15, 0.2) is 11.2 Å². The van der Waals surface area contributed by atoms with Crippen molar-refractivity contribution in [2.24, 2.45) is 5.92 Å². The molecule has 19 heavy (non-hydrogen) atoms. The number of ether oxygens (including phenoxy) is 1. The van der Waals surface area contributed by atoms with Gasteiger partial charge in [-0.3, -0.25) is 0 Å². The van der Waals surface area contributed by atoms with Gasteiger partial charge in [-0.1, -0.05) is 11.8 Å². The second kappa shape index (κ2) is 6.96. The molecule has 0 radical (unpaired) electrons. The minimum Gasteiger partial charge on any atom is -0.381 e. The first-order valence-corrected chi connectivity index (χ1v) is 7.85. The third-order valence-electron chi connectivity index (χ3n) is 3.31. The molecule has 0 saturated carbocycles. The SMILES string of the molecule is CNc1cc(N(C)CC2CCCOC2)nc(SC)n1. The zero-order chi connectivity index (χ0) is 13.7. The van der Waals surface area contributed by atoms with Crippen LogP contribution in [-0.2, 0) is 4.74 Å². The van der Waals surface area contributed by atoms with E-state index in [1.165, 1.54) is 12.8 Å². The van der Waals surface area contributed by atoms with Crippen molar-refractivity contribution in [3.63, 3.8) is 0 Å². The summed E-state index contributed by atoms with van der Waals surface area (Å²) in [6.07, 6.45) is 4.40. The first-order chi connectivity index (χ1) is 9.22. The van der Waals surface area contributed by atoms with Crippen molar-refractivity contribution < 1.29 is 4.74 Å². The van der Waals surface area contributed by atoms with E-state index in [1.807, 2.05) is 19.4 Å². The summed E-state index contributed by atoms with van der Waals surface area (Å²) in [5.41, 5.74) is 0. The van der Waals surface area contributed by atoms with Crippen LogP contribution in [0.3, 0.4) is 0 Å². The first-order valence-electron chi connectivity index (χ1n) is 6.62. The number of anilines is 2. The molecule has 6 heteroatoms. The van der Waals surface area contributed by atoms with E-state index in [4.69, 9.17) is 4.74 Å². The lowest BCUT2D eigenvalue weighted by Crippen LogP contribution is -2.31. The molecule has 1 saturated heterocycles. The van der Waals surface area contributed by atoms with Gasteiger partial charge >= 0.3 is 0 Å². The van der Waals surface area contributed by atoms with Gasteiger partial charge in [-0.25, -0.2) is 9.97 Å². The summed E-state index contributed by atoms with van der Waals surface area (Å²) in [5.74, 6) is 2.43. The summed E-state index contributed by atoms with van der Waals surface area (Å²) < 4.78 is 5.53. The van der Waals surface area contributed by atoms with Crippen LogP contribution >= 0.6 is 11.8 Å². The van der Waals surface area contributed by atoms with Gasteiger partial charge in [0.15, 0.2) is 5.16 Å². The molecule has 1 atom stereocenters. The summed E-state index contributed by atoms with van der Waals surface area (Å²) in [6, 6.07) is 1.99. The van der Waals surface area contributed by atoms with Crippen molar-refractivity contribution in [1.82, 2.24) is 9.97 Å². The highest BCUT2D eigenvalue weighted by molar-refractivity contribution is 7.98. The van der Waals surface area contributed by atoms with Crippen molar-refractivity contribution in [2.75, 3.05) is 50.3 Å². The molecule has 106 valence electrons. The number of rotatable bonds is 5. The third kappa shape index (κ3) is 3.98. The van der Waals surface area contributed by atoms with Gasteiger partial charge in [0.25, 0.3) is 0 Å². The summed E-state index contributed by atoms with van der Waals surface area (Å²) in [6.45, 7) is 2.76. The predicted octanol–water partition coefficient (Wildman–Crippen LogP) is 2.10. The highest BCUT2D eigenvalue weighted by Gasteiger charge is 2.17. The van der Waals surface area contributed by atoms with E-state index in [2.05, 4.69) is 27.2 Å². The molecule has 1 aromatic rings. The van der Waals surface area contributed by atoms with E-state index < -0.39 is 0 Å². The molecule has 1 fully saturated rings. The molecule has 2 rings (SSSR count). The Labute approximate surface area is 119 Å². The van der Waals surface area contributed by atoms with Gasteiger partial charge in [-0.05, 0) is 25.0 Å². The quantitative estimate of drug-likeness (QED) is 0.659. The average Bonchev–Trinajstić information content (AvgIpc) is 2.47. The molecule has 0 amide bonds. The Bertz CT molecular complexity index is 387. The van der Waals surface area contributed by atoms with Crippen molar-refractivity contribution in [3.8, 4) is 0 Å². The lowest BCUT2D eigenvalue weighted by molar-refractivity contribution is 0.0576. The Morgan fingerprint density at radius 3 is 3.00 bits per heavy atom. The molecular formula is C13H22N4OS. The predicted molar refractivity (Wildman–Crippen MR) is 80.2 cm³/mol. The number of nitrogens with one attached hydrogen (secondary N) is 1. The second-order valence-electron chi connectivity index (χ2n) is 4.81. The van der Waals surface area contributed by atoms with Crippen LogP contribution in [0.25, 0.3) is 0 Å². The van der Waals surface area contributed by atoms with E-state index in [1.54, 1.807) is 11.8 Å². The molecule has 5 nitrogen and oxygen atoms in total. The Balaban J connectivity index is 2.06. The standard InChI is InChI=1S/C13H22N4OS/c1-14-11-7-12(16-13(15-11)19-3)17(2)8-10-5-4-6-18-9-10/h7,10H,4-6,8-9H2,1-3H3,(H,14,15,16). The van der Waals surface area contributed by atoms with Gasteiger partial charge in [0.2, 0.25) is 0 Å². The third-order valence-corrected chi connectivity index (χ3v) is 3.86. The smallest absolute Gasteiger partial charge is 0.191 e. The molecule has 0 spiro atoms. The van der Waals surface area contributed by atoms with Crippen LogP contribution in [0.2, 0.25) is 0 Å². The van der Waals surface area contributed by atoms with E-state index in [0.717, 1.165) is 36.6 Å². The maximum Gasteiger partial charge on any atom is 0.191 e. The van der Waals surface area contributed by atoms with Gasteiger partial charge in [0.1, 0.15) is 11.6 Å². The van der Waals surface area contributed by atoms with Crippen LogP contribution in [0.1, 0.15) is 12.8 Å². The Kier molecular flexibility index (Phi) is 5.27. The largest absolute Gasteiger partial charge is 0.381 e. The van der Waals surface area contributed by atoms with Crippen LogP contribution in [-0.4, -0.2) is 50.1 Å². The van der Waals surface area contributed by atoms with Crippen LogP contribution in [0, 0.1) is 5.92 Å². The van der Waals surface area contributed by atoms with Gasteiger partial charge in [-0.2, -0.15) is 0 Å². The summed E-state index contributed by atoms with van der Waals surface area (Å²) in [4.78, 5) is 11.1. The molecule has 1 aliphatic heterocycles. The highest BCUT2D eigenvalue weighted by atomic mass is 32.2. The van der Waals surface area contributed by atoms with E-state index >= 15 is 0 Å². The van der Waals surface area contributed by atoms with Crippen molar-refractivity contribution in [3.05, 3.63) is 6.07 Å². The Morgan fingerprint density at radius 1 is 1.53 bits per heavy atom. The number of aromatic nitrogens is 2. The zero-order valence-corrected chi connectivity index (χ0v) is 12.7. The second-order valence-corrected chi connectivity index (χ2v) is 5.59. The zero-order valence-electron chi connectivity index (χ0n) is 11.8. The molecule has 2 heterocycles. The van der Waals surface area contributed by atoms with Gasteiger partial charge in [0.05, 0.1) is 6.61 Å². The van der Waals surface area contributed by atoms with Crippen molar-refractivity contribution in [1.29, 1.82) is 0 Å². The maximum absolute atomic E-state index is 5.53. The number of hydrogen-bond acceptors (Lipinski definition) is 6. The minimum atomic E-state index is 0.601. The Morgan fingerprint density at radius 2 is 2.37 bits per heavy atom. The highest BCUT2D eigenvalue weighted by Crippen LogP contribution is 2.22. The van der Waals surface area contributed by atoms with Gasteiger partial charge < -0.3 is 15.0 Å². The number of nitrogens with zero attached hydrogens (tertiary/aromatic N) is 3. The average molecular weight is 282 g/mol. The van der Waals surface area contributed by atoms with Gasteiger partial charge in [-0.15, -0.1) is 0 Å². The number of hydrogen-bond donors (Lipinski definition) is 1. The summed E-state index contributed by atoms with van der Waals surface area (Å²) in [5, 5.41) is 3.88. The Hall–Kier alpha value is -1.01. The van der Waals surface area contributed by atoms with E-state index in [-0.39, 0.29) is 0 Å². The van der Waals surface area contributed by atoms with E-state index in [0.29, 0.717) is 5.92 Å². The molecule has 0 aliphatic carbocycles. The summed E-state index contributed by atoms with van der Waals surface area (Å²) >= 11 is 1.56. The molecule has 1 aliphatic rings. The lowest BCUT2D eigenvalue weighted by atomic mass is 10.0. The van der Waals surface area contributed by atoms with Gasteiger partial charge in [0, 0.05) is 33.3 Å². The maximum atomic E-state index is 5.53. The first kappa shape index (κ1) is 14.4. The molecule has 1 N–H and O–H groups in total. The fourth-order valence-corrected chi connectivity index (χ4v) is 2.63. The molecule has 0 bridgehead atoms. The van der Waals surface area contributed by atoms with Crippen molar-refractivity contribution in [2.45, 2.75) is 18.0 Å². The minimum absolute atomic E-state index is 0.601. The summed E-state index contributed by atoms with van der Waals surface area (Å²) in [7, 11) is 3.96. The van der Waals surface area contributed by atoms with Crippen LogP contribution in [0.5, 0.6) is 0 Å². The fourth-order valence-electron chi connectivity index (χ4n) is 2.26. The van der Waals surface area contributed by atoms with Crippen LogP contribution < -0.4 is 10.2 Å². The van der Waals surface area contributed by atoms with Crippen LogP contribution in [0.4, 0.5) is 11.6 Å².